The van der Waals surface area contributed by atoms with Crippen LogP contribution in [0, 0.1) is 6.92 Å². The minimum atomic E-state index is -0.357. The molecular formula is C70H53NO2. The fourth-order valence-electron chi connectivity index (χ4n) is 13.9. The quantitative estimate of drug-likeness (QED) is 0.172. The number of aryl methyl sites for hydroxylation is 1. The molecule has 2 aromatic heterocycles. The van der Waals surface area contributed by atoms with Crippen molar-refractivity contribution in [3.63, 3.8) is 0 Å². The third kappa shape index (κ3) is 5.60. The molecule has 3 aliphatic carbocycles. The maximum Gasteiger partial charge on any atom is 0.144 e. The molecule has 350 valence electrons. The van der Waals surface area contributed by atoms with Crippen LogP contribution >= 0.6 is 0 Å². The predicted octanol–water partition coefficient (Wildman–Crippen LogP) is 19.5. The molecule has 2 heterocycles. The number of hydrogen-bond acceptors (Lipinski definition) is 3. The molecule has 0 unspecified atom stereocenters. The van der Waals surface area contributed by atoms with E-state index in [0.717, 1.165) is 50.3 Å². The van der Waals surface area contributed by atoms with Gasteiger partial charge in [-0.25, -0.2) is 0 Å². The zero-order valence-corrected chi connectivity index (χ0v) is 42.2. The van der Waals surface area contributed by atoms with Crippen LogP contribution in [0.15, 0.2) is 203 Å². The Balaban J connectivity index is 0.961. The van der Waals surface area contributed by atoms with Crippen LogP contribution in [-0.4, -0.2) is 0 Å². The number of benzene rings is 10. The first-order chi connectivity index (χ1) is 35.4. The third-order valence-corrected chi connectivity index (χ3v) is 17.3. The molecule has 0 atom stereocenters. The van der Waals surface area contributed by atoms with Crippen LogP contribution in [0.5, 0.6) is 0 Å². The van der Waals surface area contributed by atoms with E-state index in [-0.39, 0.29) is 16.2 Å². The second-order valence-electron chi connectivity index (χ2n) is 22.4. The fourth-order valence-corrected chi connectivity index (χ4v) is 13.9. The predicted molar refractivity (Wildman–Crippen MR) is 304 cm³/mol. The van der Waals surface area contributed by atoms with Crippen LogP contribution in [0.25, 0.3) is 99.5 Å². The van der Waals surface area contributed by atoms with E-state index in [4.69, 9.17) is 8.83 Å². The summed E-state index contributed by atoms with van der Waals surface area (Å²) in [5.41, 5.74) is 27.9. The molecule has 0 saturated heterocycles. The Labute approximate surface area is 426 Å². The second kappa shape index (κ2) is 14.6. The van der Waals surface area contributed by atoms with Crippen LogP contribution in [-0.2, 0) is 16.2 Å². The summed E-state index contributed by atoms with van der Waals surface area (Å²) in [6, 6.07) is 71.6. The highest BCUT2D eigenvalue weighted by Gasteiger charge is 2.49. The van der Waals surface area contributed by atoms with Gasteiger partial charge in [-0.05, 0) is 145 Å². The van der Waals surface area contributed by atoms with E-state index in [1.807, 2.05) is 0 Å². The summed E-state index contributed by atoms with van der Waals surface area (Å²) < 4.78 is 14.0. The first-order valence-corrected chi connectivity index (χ1v) is 25.8. The summed E-state index contributed by atoms with van der Waals surface area (Å²) in [6.07, 6.45) is 0. The Hall–Kier alpha value is -8.40. The van der Waals surface area contributed by atoms with E-state index in [1.165, 1.54) is 105 Å². The highest BCUT2D eigenvalue weighted by Crippen LogP contribution is 2.64. The first-order valence-electron chi connectivity index (χ1n) is 25.8. The van der Waals surface area contributed by atoms with Gasteiger partial charge in [0.2, 0.25) is 0 Å². The number of para-hydroxylation sites is 2. The molecule has 0 radical (unpaired) electrons. The summed E-state index contributed by atoms with van der Waals surface area (Å²) in [4.78, 5) is 2.49. The second-order valence-corrected chi connectivity index (χ2v) is 22.4. The van der Waals surface area contributed by atoms with Crippen molar-refractivity contribution in [2.75, 3.05) is 4.90 Å². The maximum absolute atomic E-state index is 7.08. The van der Waals surface area contributed by atoms with Crippen molar-refractivity contribution >= 4 is 60.9 Å². The van der Waals surface area contributed by atoms with Crippen LogP contribution in [0.1, 0.15) is 80.5 Å². The Morgan fingerprint density at radius 3 is 1.58 bits per heavy atom. The summed E-state index contributed by atoms with van der Waals surface area (Å²) >= 11 is 0. The van der Waals surface area contributed by atoms with Crippen molar-refractivity contribution in [2.24, 2.45) is 0 Å². The fraction of sp³-hybridized carbons (Fsp3) is 0.143. The molecule has 73 heavy (non-hydrogen) atoms. The van der Waals surface area contributed by atoms with Gasteiger partial charge in [-0.15, -0.1) is 0 Å². The largest absolute Gasteiger partial charge is 0.455 e. The standard InChI is InChI=1S/C70H53NO2/c1-40-20-11-12-25-46(40)52-39-56-59(61-50-27-14-17-30-57(50)72-66(52)61)48-34-32-44(37-54(48)68(56,2)3)71(43-24-19-23-42(36-43)41-21-9-8-10-22-41)45-33-35-49-55(38-45)70(6,7)65-63(49)67-62(51-28-15-18-31-58(51)73-67)60-47-26-13-16-29-53(47)69(4,5)64(60)65/h8-39H,1-7H3. The lowest BCUT2D eigenvalue weighted by Gasteiger charge is -2.32. The molecule has 0 fully saturated rings. The van der Waals surface area contributed by atoms with Gasteiger partial charge < -0.3 is 13.7 Å². The van der Waals surface area contributed by atoms with Crippen molar-refractivity contribution in [3.8, 4) is 55.6 Å². The smallest absolute Gasteiger partial charge is 0.144 e. The molecule has 3 aliphatic rings. The van der Waals surface area contributed by atoms with E-state index in [2.05, 4.69) is 247 Å². The molecule has 0 aliphatic heterocycles. The average Bonchev–Trinajstić information content (AvgIpc) is 4.16. The molecule has 0 spiro atoms. The van der Waals surface area contributed by atoms with Crippen molar-refractivity contribution in [2.45, 2.75) is 64.7 Å². The van der Waals surface area contributed by atoms with E-state index >= 15 is 0 Å². The SMILES string of the molecule is Cc1ccccc1-c1cc2c(c3c1oc1ccccc13)-c1ccc(N(c3cccc(-c4ccccc4)c3)c3ccc4c(c3)C(C)(C)c3c5c(c6c(oc7ccccc76)c3-4)-c3ccccc3C5(C)C)cc1C2(C)C. The van der Waals surface area contributed by atoms with Gasteiger partial charge in [-0.1, -0.05) is 181 Å². The van der Waals surface area contributed by atoms with Gasteiger partial charge in [0, 0.05) is 66.0 Å². The minimum Gasteiger partial charge on any atom is -0.455 e. The molecule has 10 aromatic carbocycles. The van der Waals surface area contributed by atoms with Gasteiger partial charge >= 0.3 is 0 Å². The van der Waals surface area contributed by atoms with Crippen LogP contribution in [0.3, 0.4) is 0 Å². The van der Waals surface area contributed by atoms with E-state index in [1.54, 1.807) is 0 Å². The lowest BCUT2D eigenvalue weighted by molar-refractivity contribution is 0.600. The molecule has 0 bridgehead atoms. The molecule has 0 saturated carbocycles. The molecular weight excluding hydrogens is 887 g/mol. The van der Waals surface area contributed by atoms with Crippen molar-refractivity contribution in [1.29, 1.82) is 0 Å². The zero-order valence-electron chi connectivity index (χ0n) is 42.2. The average molecular weight is 940 g/mol. The molecule has 15 rings (SSSR count). The van der Waals surface area contributed by atoms with Gasteiger partial charge in [0.15, 0.2) is 0 Å². The first kappa shape index (κ1) is 42.3. The Kier molecular flexibility index (Phi) is 8.47. The van der Waals surface area contributed by atoms with Crippen LogP contribution in [0.4, 0.5) is 17.1 Å². The Bertz CT molecular complexity index is 4370. The molecule has 3 heteroatoms. The molecule has 3 nitrogen and oxygen atoms in total. The number of fused-ring (bicyclic) bond motifs is 19. The van der Waals surface area contributed by atoms with Gasteiger partial charge in [0.1, 0.15) is 22.3 Å². The summed E-state index contributed by atoms with van der Waals surface area (Å²) in [5, 5.41) is 4.74. The van der Waals surface area contributed by atoms with E-state index in [0.29, 0.717) is 0 Å². The number of nitrogens with zero attached hydrogens (tertiary/aromatic N) is 1. The van der Waals surface area contributed by atoms with Gasteiger partial charge in [0.25, 0.3) is 0 Å². The van der Waals surface area contributed by atoms with E-state index in [9.17, 15) is 0 Å². The molecule has 0 amide bonds. The summed E-state index contributed by atoms with van der Waals surface area (Å²) in [5.74, 6) is 0. The highest BCUT2D eigenvalue weighted by atomic mass is 16.3. The summed E-state index contributed by atoms with van der Waals surface area (Å²) in [6.45, 7) is 16.7. The monoisotopic (exact) mass is 939 g/mol. The van der Waals surface area contributed by atoms with Crippen molar-refractivity contribution in [3.05, 3.63) is 233 Å². The highest BCUT2D eigenvalue weighted by molar-refractivity contribution is 6.21. The van der Waals surface area contributed by atoms with E-state index < -0.39 is 0 Å². The normalized spacial score (nSPS) is 15.1. The molecule has 0 N–H and O–H groups in total. The lowest BCUT2D eigenvalue weighted by Crippen LogP contribution is -2.24. The number of rotatable bonds is 5. The van der Waals surface area contributed by atoms with Crippen molar-refractivity contribution < 1.29 is 8.83 Å². The van der Waals surface area contributed by atoms with Crippen LogP contribution in [0.2, 0.25) is 0 Å². The minimum absolute atomic E-state index is 0.224. The number of anilines is 3. The Morgan fingerprint density at radius 2 is 0.863 bits per heavy atom. The molecule has 12 aromatic rings. The lowest BCUT2D eigenvalue weighted by atomic mass is 9.72. The van der Waals surface area contributed by atoms with Crippen LogP contribution < -0.4 is 4.90 Å². The third-order valence-electron chi connectivity index (χ3n) is 17.3. The zero-order chi connectivity index (χ0) is 49.3. The maximum atomic E-state index is 7.08. The van der Waals surface area contributed by atoms with Gasteiger partial charge in [0.05, 0.1) is 0 Å². The number of furan rings is 2. The van der Waals surface area contributed by atoms with Gasteiger partial charge in [-0.2, -0.15) is 0 Å². The Morgan fingerprint density at radius 1 is 0.342 bits per heavy atom. The van der Waals surface area contributed by atoms with Crippen molar-refractivity contribution in [1.82, 2.24) is 0 Å². The van der Waals surface area contributed by atoms with Gasteiger partial charge in [-0.3, -0.25) is 0 Å². The number of hydrogen-bond donors (Lipinski definition) is 0. The topological polar surface area (TPSA) is 29.5 Å². The summed E-state index contributed by atoms with van der Waals surface area (Å²) in [7, 11) is 0.